The first-order valence-corrected chi connectivity index (χ1v) is 17.3. The fourth-order valence-corrected chi connectivity index (χ4v) is 8.56. The van der Waals surface area contributed by atoms with E-state index in [4.69, 9.17) is 0 Å². The summed E-state index contributed by atoms with van der Waals surface area (Å²) in [4.78, 5) is 55.5. The van der Waals surface area contributed by atoms with E-state index in [9.17, 15) is 14.4 Å². The van der Waals surface area contributed by atoms with Crippen molar-refractivity contribution in [3.05, 3.63) is 58.4 Å². The van der Waals surface area contributed by atoms with E-state index in [1.54, 1.807) is 16.8 Å². The van der Waals surface area contributed by atoms with Crippen LogP contribution in [0.3, 0.4) is 0 Å². The van der Waals surface area contributed by atoms with Crippen molar-refractivity contribution in [1.29, 1.82) is 0 Å². The summed E-state index contributed by atoms with van der Waals surface area (Å²) in [6.45, 7) is 9.52. The summed E-state index contributed by atoms with van der Waals surface area (Å²) in [7, 11) is 4.11. The summed E-state index contributed by atoms with van der Waals surface area (Å²) in [5.41, 5.74) is 2.55. The number of fused-ring (bicyclic) bond motifs is 1. The van der Waals surface area contributed by atoms with E-state index in [1.807, 2.05) is 28.0 Å². The minimum Gasteiger partial charge on any atom is -0.367 e. The van der Waals surface area contributed by atoms with Crippen LogP contribution in [0.1, 0.15) is 69.9 Å². The Morgan fingerprint density at radius 3 is 2.54 bits per heavy atom. The first-order valence-electron chi connectivity index (χ1n) is 16.4. The number of thioether (sulfide) groups is 1. The number of nitrogens with zero attached hydrogens (tertiary/aromatic N) is 6. The van der Waals surface area contributed by atoms with E-state index in [0.717, 1.165) is 37.0 Å². The van der Waals surface area contributed by atoms with E-state index in [-0.39, 0.29) is 46.6 Å². The Morgan fingerprint density at radius 1 is 1.09 bits per heavy atom. The molecule has 3 aliphatic heterocycles. The lowest BCUT2D eigenvalue weighted by atomic mass is 9.92. The third-order valence-corrected chi connectivity index (χ3v) is 11.2. The maximum atomic E-state index is 15.6. The van der Waals surface area contributed by atoms with E-state index >= 15 is 4.39 Å². The molecule has 2 amide bonds. The number of imidazole rings is 1. The number of anilines is 1. The van der Waals surface area contributed by atoms with Gasteiger partial charge in [0.25, 0.3) is 0 Å². The molecule has 6 rings (SSSR count). The van der Waals surface area contributed by atoms with Gasteiger partial charge in [-0.25, -0.2) is 14.2 Å². The highest BCUT2D eigenvalue weighted by Crippen LogP contribution is 2.48. The fourth-order valence-electron chi connectivity index (χ4n) is 7.06. The summed E-state index contributed by atoms with van der Waals surface area (Å²) in [5, 5.41) is -0.911. The smallest absolute Gasteiger partial charge is 0.327 e. The molecule has 1 aromatic carbocycles. The zero-order chi connectivity index (χ0) is 32.7. The summed E-state index contributed by atoms with van der Waals surface area (Å²) in [6.07, 6.45) is 4.80. The van der Waals surface area contributed by atoms with Crippen molar-refractivity contribution in [2.24, 2.45) is 5.41 Å². The number of hydrogen-bond donors (Lipinski definition) is 1. The number of carbonyl (C=O) groups excluding carboxylic acids is 2. The molecule has 46 heavy (non-hydrogen) atoms. The molecule has 0 spiro atoms. The molecule has 3 fully saturated rings. The van der Waals surface area contributed by atoms with Gasteiger partial charge in [-0.1, -0.05) is 32.9 Å². The number of carbonyl (C=O) groups is 2. The monoisotopic (exact) mass is 651 g/mol. The SMILES string of the molecule is CN(C)C1CCN(c2c(F)cccc2[C@@H]2S[C@@H](CC(=O)N3CCC(n4c(=O)[nH]c5ncccc54)CC3)C(=O)N2CCC(C)(C)C)C1. The van der Waals surface area contributed by atoms with Gasteiger partial charge < -0.3 is 19.6 Å². The Labute approximate surface area is 274 Å². The van der Waals surface area contributed by atoms with Crippen LogP contribution < -0.4 is 10.6 Å². The third kappa shape index (κ3) is 6.56. The summed E-state index contributed by atoms with van der Waals surface area (Å²) in [6, 6.07) is 9.20. The number of para-hydroxylation sites is 1. The predicted molar refractivity (Wildman–Crippen MR) is 180 cm³/mol. The van der Waals surface area contributed by atoms with Gasteiger partial charge in [0.15, 0.2) is 5.65 Å². The number of aromatic amines is 1. The summed E-state index contributed by atoms with van der Waals surface area (Å²) in [5.74, 6) is -0.377. The fraction of sp³-hybridized carbons (Fsp3) is 0.588. The van der Waals surface area contributed by atoms with E-state index in [0.29, 0.717) is 49.9 Å². The van der Waals surface area contributed by atoms with Crippen LogP contribution in [0, 0.1) is 11.2 Å². The molecular formula is C34H46FN7O3S. The highest BCUT2D eigenvalue weighted by Gasteiger charge is 2.44. The quantitative estimate of drug-likeness (QED) is 0.379. The van der Waals surface area contributed by atoms with Crippen molar-refractivity contribution in [3.8, 4) is 0 Å². The number of pyridine rings is 1. The normalized spacial score (nSPS) is 23.0. The maximum Gasteiger partial charge on any atom is 0.327 e. The third-order valence-electron chi connectivity index (χ3n) is 9.76. The predicted octanol–water partition coefficient (Wildman–Crippen LogP) is 4.64. The average Bonchev–Trinajstić information content (AvgIpc) is 3.71. The number of benzene rings is 1. The molecular weight excluding hydrogens is 605 g/mol. The lowest BCUT2D eigenvalue weighted by Crippen LogP contribution is -2.42. The molecule has 3 aromatic rings. The molecule has 248 valence electrons. The number of halogens is 1. The Bertz CT molecular complexity index is 1640. The van der Waals surface area contributed by atoms with Gasteiger partial charge in [-0.05, 0) is 63.4 Å². The molecule has 0 radical (unpaired) electrons. The Balaban J connectivity index is 1.18. The van der Waals surface area contributed by atoms with Gasteiger partial charge in [0, 0.05) is 63.0 Å². The van der Waals surface area contributed by atoms with Crippen LogP contribution in [0.2, 0.25) is 0 Å². The Kier molecular flexibility index (Phi) is 9.22. The molecule has 3 saturated heterocycles. The summed E-state index contributed by atoms with van der Waals surface area (Å²) >= 11 is 1.48. The van der Waals surface area contributed by atoms with Crippen molar-refractivity contribution in [1.82, 2.24) is 29.2 Å². The Morgan fingerprint density at radius 2 is 1.85 bits per heavy atom. The lowest BCUT2D eigenvalue weighted by Gasteiger charge is -2.33. The van der Waals surface area contributed by atoms with E-state index in [1.165, 1.54) is 17.8 Å². The van der Waals surface area contributed by atoms with Crippen LogP contribution in [-0.2, 0) is 9.59 Å². The maximum absolute atomic E-state index is 15.6. The number of rotatable bonds is 8. The number of piperidine rings is 1. The van der Waals surface area contributed by atoms with E-state index in [2.05, 4.69) is 54.6 Å². The largest absolute Gasteiger partial charge is 0.367 e. The molecule has 2 aromatic heterocycles. The number of likely N-dealkylation sites (N-methyl/N-ethyl adjacent to an activating group) is 1. The zero-order valence-electron chi connectivity index (χ0n) is 27.5. The van der Waals surface area contributed by atoms with Gasteiger partial charge in [0.05, 0.1) is 16.5 Å². The number of hydrogen-bond acceptors (Lipinski definition) is 7. The standard InChI is InChI=1S/C34H46FN7O3S/c1-34(2,3)14-19-41-31(44)27(46-32(41)24-8-6-9-25(35)29(24)40-18-13-23(21-40)38(4)5)20-28(43)39-16-11-22(12-17-39)42-26-10-7-15-36-30(26)37-33(42)45/h6-10,15,22-23,27,32H,11-14,16-21H2,1-5H3,(H,36,37,45)/t23?,27-,32-/m0/s1. The topological polar surface area (TPSA) is 97.8 Å². The van der Waals surface area contributed by atoms with Crippen LogP contribution in [0.4, 0.5) is 10.1 Å². The molecule has 5 heterocycles. The van der Waals surface area contributed by atoms with Crippen LogP contribution >= 0.6 is 11.8 Å². The van der Waals surface area contributed by atoms with E-state index < -0.39 is 5.25 Å². The van der Waals surface area contributed by atoms with Crippen molar-refractivity contribution in [2.45, 2.75) is 75.6 Å². The van der Waals surface area contributed by atoms with Crippen molar-refractivity contribution in [3.63, 3.8) is 0 Å². The van der Waals surface area contributed by atoms with Crippen molar-refractivity contribution >= 4 is 40.4 Å². The van der Waals surface area contributed by atoms with Gasteiger partial charge in [-0.2, -0.15) is 0 Å². The molecule has 3 atom stereocenters. The van der Waals surface area contributed by atoms with Gasteiger partial charge >= 0.3 is 5.69 Å². The van der Waals surface area contributed by atoms with Gasteiger partial charge in [0.1, 0.15) is 11.2 Å². The zero-order valence-corrected chi connectivity index (χ0v) is 28.4. The van der Waals surface area contributed by atoms with Crippen LogP contribution in [0.25, 0.3) is 11.2 Å². The molecule has 1 N–H and O–H groups in total. The van der Waals surface area contributed by atoms with Crippen LogP contribution in [-0.4, -0.2) is 99.2 Å². The minimum atomic E-state index is -0.540. The number of H-pyrrole nitrogens is 1. The number of likely N-dealkylation sites (tertiary alicyclic amines) is 1. The number of amides is 2. The van der Waals surface area contributed by atoms with Gasteiger partial charge in [0.2, 0.25) is 11.8 Å². The molecule has 1 unspecified atom stereocenters. The van der Waals surface area contributed by atoms with Crippen molar-refractivity contribution in [2.75, 3.05) is 51.7 Å². The second-order valence-corrected chi connectivity index (χ2v) is 15.6. The Hall–Kier alpha value is -3.38. The van der Waals surface area contributed by atoms with Gasteiger partial charge in [-0.3, -0.25) is 19.1 Å². The molecule has 0 saturated carbocycles. The van der Waals surface area contributed by atoms with Crippen LogP contribution in [0.15, 0.2) is 41.3 Å². The van der Waals surface area contributed by atoms with Crippen LogP contribution in [0.5, 0.6) is 0 Å². The lowest BCUT2D eigenvalue weighted by molar-refractivity contribution is -0.136. The first kappa shape index (κ1) is 32.6. The number of nitrogens with one attached hydrogen (secondary N) is 1. The molecule has 0 aliphatic carbocycles. The molecule has 0 bridgehead atoms. The second-order valence-electron chi connectivity index (χ2n) is 14.3. The second kappa shape index (κ2) is 13.0. The number of aromatic nitrogens is 3. The highest BCUT2D eigenvalue weighted by atomic mass is 32.2. The molecule has 12 heteroatoms. The van der Waals surface area contributed by atoms with Crippen molar-refractivity contribution < 1.29 is 14.0 Å². The average molecular weight is 652 g/mol. The molecule has 10 nitrogen and oxygen atoms in total. The highest BCUT2D eigenvalue weighted by molar-refractivity contribution is 8.01. The summed E-state index contributed by atoms with van der Waals surface area (Å²) < 4.78 is 17.4. The van der Waals surface area contributed by atoms with Gasteiger partial charge in [-0.15, -0.1) is 11.8 Å². The minimum absolute atomic E-state index is 0.00914. The molecule has 3 aliphatic rings. The first-order chi connectivity index (χ1) is 21.9.